The van der Waals surface area contributed by atoms with Crippen LogP contribution in [0.1, 0.15) is 20.3 Å². The molecule has 7 heteroatoms. The van der Waals surface area contributed by atoms with E-state index in [4.69, 9.17) is 9.47 Å². The highest BCUT2D eigenvalue weighted by molar-refractivity contribution is 5.88. The molecule has 0 saturated carbocycles. The number of hydrogen-bond acceptors (Lipinski definition) is 5. The number of aromatic nitrogens is 2. The molecule has 1 atom stereocenters. The van der Waals surface area contributed by atoms with Crippen LogP contribution in [0.15, 0.2) is 12.4 Å². The van der Waals surface area contributed by atoms with Gasteiger partial charge in [-0.3, -0.25) is 5.32 Å². The minimum Gasteiger partial charge on any atom is -0.481 e. The summed E-state index contributed by atoms with van der Waals surface area (Å²) in [5, 5.41) is 2.75. The summed E-state index contributed by atoms with van der Waals surface area (Å²) in [7, 11) is 1.52. The van der Waals surface area contributed by atoms with Crippen molar-refractivity contribution >= 4 is 11.8 Å². The average Bonchev–Trinajstić information content (AvgIpc) is 2.47. The molecule has 110 valence electrons. The quantitative estimate of drug-likeness (QED) is 0.908. The second-order valence-electron chi connectivity index (χ2n) is 4.95. The first-order valence-electron chi connectivity index (χ1n) is 6.62. The summed E-state index contributed by atoms with van der Waals surface area (Å²) in [4.78, 5) is 21.9. The number of anilines is 1. The third kappa shape index (κ3) is 3.36. The van der Waals surface area contributed by atoms with Crippen LogP contribution in [0, 0.1) is 0 Å². The van der Waals surface area contributed by atoms with Gasteiger partial charge in [-0.15, -0.1) is 0 Å². The van der Waals surface area contributed by atoms with E-state index in [0.717, 1.165) is 6.42 Å². The van der Waals surface area contributed by atoms with Gasteiger partial charge in [0.1, 0.15) is 12.1 Å². The Bertz CT molecular complexity index is 482. The Morgan fingerprint density at radius 2 is 2.40 bits per heavy atom. The number of nitrogens with zero attached hydrogens (tertiary/aromatic N) is 3. The van der Waals surface area contributed by atoms with Gasteiger partial charge in [0.15, 0.2) is 0 Å². The maximum Gasteiger partial charge on any atom is 0.323 e. The van der Waals surface area contributed by atoms with Crippen LogP contribution in [0.2, 0.25) is 0 Å². The minimum atomic E-state index is -0.279. The average molecular weight is 280 g/mol. The molecule has 0 spiro atoms. The monoisotopic (exact) mass is 280 g/mol. The Labute approximate surface area is 118 Å². The zero-order chi connectivity index (χ0) is 14.6. The predicted molar refractivity (Wildman–Crippen MR) is 73.8 cm³/mol. The largest absolute Gasteiger partial charge is 0.481 e. The summed E-state index contributed by atoms with van der Waals surface area (Å²) in [6, 6.07) is 1.39. The van der Waals surface area contributed by atoms with Crippen molar-refractivity contribution in [2.24, 2.45) is 0 Å². The van der Waals surface area contributed by atoms with Crippen LogP contribution in [0.25, 0.3) is 0 Å². The van der Waals surface area contributed by atoms with Gasteiger partial charge < -0.3 is 14.4 Å². The van der Waals surface area contributed by atoms with Crippen LogP contribution >= 0.6 is 0 Å². The molecule has 1 aliphatic rings. The molecule has 7 nitrogen and oxygen atoms in total. The maximum atomic E-state index is 12.2. The van der Waals surface area contributed by atoms with Gasteiger partial charge in [-0.1, -0.05) is 6.92 Å². The molecule has 20 heavy (non-hydrogen) atoms. The molecule has 1 saturated heterocycles. The van der Waals surface area contributed by atoms with Gasteiger partial charge in [0, 0.05) is 12.6 Å². The van der Waals surface area contributed by atoms with Gasteiger partial charge in [-0.25, -0.2) is 14.8 Å². The molecule has 0 radical (unpaired) electrons. The van der Waals surface area contributed by atoms with Crippen molar-refractivity contribution in [1.82, 2.24) is 14.9 Å². The second-order valence-corrected chi connectivity index (χ2v) is 4.95. The topological polar surface area (TPSA) is 76.6 Å². The first-order valence-corrected chi connectivity index (χ1v) is 6.62. The van der Waals surface area contributed by atoms with E-state index in [1.807, 2.05) is 6.92 Å². The fourth-order valence-corrected chi connectivity index (χ4v) is 2.03. The summed E-state index contributed by atoms with van der Waals surface area (Å²) < 4.78 is 10.7. The first-order chi connectivity index (χ1) is 9.56. The van der Waals surface area contributed by atoms with Gasteiger partial charge >= 0.3 is 6.03 Å². The third-order valence-electron chi connectivity index (χ3n) is 3.46. The molecule has 0 aromatic carbocycles. The number of methoxy groups -OCH3 is 1. The number of hydrogen-bond donors (Lipinski definition) is 1. The minimum absolute atomic E-state index is 0.186. The lowest BCUT2D eigenvalue weighted by molar-refractivity contribution is -0.0860. The first kappa shape index (κ1) is 14.5. The SMILES string of the molecule is CCC1(C)CN(C(=O)Nc2cc(OC)ncn2)CCO1. The summed E-state index contributed by atoms with van der Waals surface area (Å²) >= 11 is 0. The zero-order valence-corrected chi connectivity index (χ0v) is 12.0. The molecule has 1 aromatic heterocycles. The number of amides is 2. The number of urea groups is 1. The van der Waals surface area contributed by atoms with Crippen LogP contribution in [0.5, 0.6) is 5.88 Å². The van der Waals surface area contributed by atoms with Crippen molar-refractivity contribution in [3.8, 4) is 5.88 Å². The lowest BCUT2D eigenvalue weighted by Crippen LogP contribution is -2.53. The molecule has 2 heterocycles. The number of nitrogens with one attached hydrogen (secondary N) is 1. The van der Waals surface area contributed by atoms with E-state index in [0.29, 0.717) is 31.4 Å². The second kappa shape index (κ2) is 6.04. The van der Waals surface area contributed by atoms with Crippen molar-refractivity contribution in [3.05, 3.63) is 12.4 Å². The lowest BCUT2D eigenvalue weighted by Gasteiger charge is -2.39. The predicted octanol–water partition coefficient (Wildman–Crippen LogP) is 1.52. The van der Waals surface area contributed by atoms with Crippen molar-refractivity contribution in [2.45, 2.75) is 25.9 Å². The lowest BCUT2D eigenvalue weighted by atomic mass is 10.0. The van der Waals surface area contributed by atoms with Gasteiger partial charge in [-0.2, -0.15) is 0 Å². The van der Waals surface area contributed by atoms with Crippen LogP contribution in [0.3, 0.4) is 0 Å². The fourth-order valence-electron chi connectivity index (χ4n) is 2.03. The van der Waals surface area contributed by atoms with Crippen LogP contribution < -0.4 is 10.1 Å². The van der Waals surface area contributed by atoms with Crippen molar-refractivity contribution in [1.29, 1.82) is 0 Å². The van der Waals surface area contributed by atoms with Gasteiger partial charge in [0.05, 0.1) is 25.9 Å². The molecule has 0 bridgehead atoms. The number of carbonyl (C=O) groups is 1. The molecule has 1 N–H and O–H groups in total. The number of morpholine rings is 1. The molecule has 1 aliphatic heterocycles. The number of rotatable bonds is 3. The molecule has 1 unspecified atom stereocenters. The van der Waals surface area contributed by atoms with Crippen LogP contribution in [0.4, 0.5) is 10.6 Å². The molecule has 2 amide bonds. The van der Waals surface area contributed by atoms with E-state index in [1.165, 1.54) is 13.4 Å². The van der Waals surface area contributed by atoms with Crippen molar-refractivity contribution in [2.75, 3.05) is 32.1 Å². The van der Waals surface area contributed by atoms with Gasteiger partial charge in [-0.05, 0) is 13.3 Å². The van der Waals surface area contributed by atoms with Crippen molar-refractivity contribution < 1.29 is 14.3 Å². The Hall–Kier alpha value is -1.89. The van der Waals surface area contributed by atoms with E-state index in [1.54, 1.807) is 11.0 Å². The Morgan fingerprint density at radius 3 is 3.10 bits per heavy atom. The van der Waals surface area contributed by atoms with E-state index in [-0.39, 0.29) is 11.6 Å². The van der Waals surface area contributed by atoms with E-state index < -0.39 is 0 Å². The molecule has 2 rings (SSSR count). The van der Waals surface area contributed by atoms with Gasteiger partial charge in [0.25, 0.3) is 0 Å². The highest BCUT2D eigenvalue weighted by atomic mass is 16.5. The van der Waals surface area contributed by atoms with Crippen LogP contribution in [-0.2, 0) is 4.74 Å². The molecule has 0 aliphatic carbocycles. The highest BCUT2D eigenvalue weighted by Crippen LogP contribution is 2.21. The maximum absolute atomic E-state index is 12.2. The summed E-state index contributed by atoms with van der Waals surface area (Å²) in [5.41, 5.74) is -0.279. The normalized spacial score (nSPS) is 22.4. The van der Waals surface area contributed by atoms with Crippen molar-refractivity contribution in [3.63, 3.8) is 0 Å². The standard InChI is InChI=1S/C13H20N4O3/c1-4-13(2)8-17(5-6-20-13)12(18)16-10-7-11(19-3)15-9-14-10/h7,9H,4-6,8H2,1-3H3,(H,14,15,16,18). The Morgan fingerprint density at radius 1 is 1.60 bits per heavy atom. The summed E-state index contributed by atoms with van der Waals surface area (Å²) in [5.74, 6) is 0.835. The summed E-state index contributed by atoms with van der Waals surface area (Å²) in [6.45, 7) is 5.75. The number of carbonyl (C=O) groups excluding carboxylic acids is 1. The zero-order valence-electron chi connectivity index (χ0n) is 12.0. The third-order valence-corrected chi connectivity index (χ3v) is 3.46. The molecular weight excluding hydrogens is 260 g/mol. The molecular formula is C13H20N4O3. The summed E-state index contributed by atoms with van der Waals surface area (Å²) in [6.07, 6.45) is 2.21. The van der Waals surface area contributed by atoms with E-state index in [2.05, 4.69) is 22.2 Å². The van der Waals surface area contributed by atoms with E-state index in [9.17, 15) is 4.79 Å². The van der Waals surface area contributed by atoms with Crippen LogP contribution in [-0.4, -0.2) is 53.3 Å². The Balaban J connectivity index is 2.00. The molecule has 1 fully saturated rings. The molecule has 1 aromatic rings. The highest BCUT2D eigenvalue weighted by Gasteiger charge is 2.32. The smallest absolute Gasteiger partial charge is 0.323 e. The number of ether oxygens (including phenoxy) is 2. The van der Waals surface area contributed by atoms with E-state index >= 15 is 0 Å². The Kier molecular flexibility index (Phi) is 4.39. The fraction of sp³-hybridized carbons (Fsp3) is 0.615. The van der Waals surface area contributed by atoms with Gasteiger partial charge in [0.2, 0.25) is 5.88 Å².